The van der Waals surface area contributed by atoms with Crippen molar-refractivity contribution in [3.63, 3.8) is 0 Å². The van der Waals surface area contributed by atoms with Crippen molar-refractivity contribution in [3.05, 3.63) is 48.5 Å². The van der Waals surface area contributed by atoms with E-state index in [9.17, 15) is 25.5 Å². The maximum atomic E-state index is 11.1. The van der Waals surface area contributed by atoms with Crippen LogP contribution in [0.1, 0.15) is 25.0 Å². The molecule has 0 aliphatic carbocycles. The first-order chi connectivity index (χ1) is 15.9. The average Bonchev–Trinajstić information content (AvgIpc) is 2.86. The summed E-state index contributed by atoms with van der Waals surface area (Å²) in [5.74, 6) is -0.606. The molecule has 0 radical (unpaired) electrons. The van der Waals surface area contributed by atoms with Gasteiger partial charge in [0, 0.05) is 30.3 Å². The molecular formula is C23H30N2O8. The molecule has 180 valence electrons. The minimum atomic E-state index is -1.24. The predicted octanol–water partition coefficient (Wildman–Crippen LogP) is -0.213. The second-order valence-electron chi connectivity index (χ2n) is 8.58. The third kappa shape index (κ3) is 5.08. The second kappa shape index (κ2) is 10.5. The normalized spacial score (nSPS) is 37.1. The van der Waals surface area contributed by atoms with E-state index in [2.05, 4.69) is 9.97 Å². The Morgan fingerprint density at radius 1 is 0.970 bits per heavy atom. The Bertz CT molecular complexity index is 901. The molecule has 10 nitrogen and oxygen atoms in total. The Hall–Kier alpha value is -2.02. The number of ether oxygens (including phenoxy) is 3. The average molecular weight is 462 g/mol. The van der Waals surface area contributed by atoms with Gasteiger partial charge in [0.2, 0.25) is 0 Å². The molecular weight excluding hydrogens is 432 g/mol. The Morgan fingerprint density at radius 2 is 1.73 bits per heavy atom. The zero-order valence-electron chi connectivity index (χ0n) is 18.2. The number of benzene rings is 1. The topological polar surface area (TPSA) is 155 Å². The quantitative estimate of drug-likeness (QED) is 0.389. The van der Waals surface area contributed by atoms with Crippen LogP contribution in [0.3, 0.4) is 0 Å². The molecule has 1 aromatic carbocycles. The lowest BCUT2D eigenvalue weighted by molar-refractivity contribution is -0.315. The van der Waals surface area contributed by atoms with Gasteiger partial charge in [-0.2, -0.15) is 0 Å². The number of rotatable bonds is 6. The summed E-state index contributed by atoms with van der Waals surface area (Å²) in [6.07, 6.45) is -2.60. The molecule has 2 saturated heterocycles. The lowest BCUT2D eigenvalue weighted by atomic mass is 9.90. The standard InChI is InChI=1S/C23H30N2O8/c1-12-19(28)20(29)18(10-27)33-23(12)32-17-6-16(9-26)31-22(21(17)30)14-4-2-3-13(5-14)15-7-24-11-25-8-15/h2-5,7-8,11-12,16-23,26-30H,6,9-10H2,1H3/t12-,16-,17-,18+,19+,20+,21-,22?,23-/m0/s1. The number of aliphatic hydroxyl groups is 5. The molecule has 0 saturated carbocycles. The molecule has 0 bridgehead atoms. The van der Waals surface area contributed by atoms with Gasteiger partial charge in [-0.15, -0.1) is 0 Å². The van der Waals surface area contributed by atoms with E-state index in [1.807, 2.05) is 24.3 Å². The number of nitrogens with zero attached hydrogens (tertiary/aromatic N) is 2. The third-order valence-electron chi connectivity index (χ3n) is 6.33. The first-order valence-corrected chi connectivity index (χ1v) is 11.0. The van der Waals surface area contributed by atoms with Crippen LogP contribution >= 0.6 is 0 Å². The van der Waals surface area contributed by atoms with Gasteiger partial charge in [0.15, 0.2) is 6.29 Å². The minimum Gasteiger partial charge on any atom is -0.394 e. The van der Waals surface area contributed by atoms with Gasteiger partial charge >= 0.3 is 0 Å². The van der Waals surface area contributed by atoms with E-state index in [0.717, 1.165) is 11.1 Å². The van der Waals surface area contributed by atoms with Gasteiger partial charge in [-0.1, -0.05) is 25.1 Å². The van der Waals surface area contributed by atoms with Gasteiger partial charge in [-0.05, 0) is 17.2 Å². The molecule has 2 fully saturated rings. The minimum absolute atomic E-state index is 0.204. The van der Waals surface area contributed by atoms with Gasteiger partial charge in [0.25, 0.3) is 0 Å². The van der Waals surface area contributed by atoms with Crippen molar-refractivity contribution in [3.8, 4) is 11.1 Å². The van der Waals surface area contributed by atoms with Gasteiger partial charge in [0.05, 0.1) is 31.5 Å². The molecule has 5 N–H and O–H groups in total. The van der Waals surface area contributed by atoms with Crippen molar-refractivity contribution in [2.75, 3.05) is 13.2 Å². The molecule has 1 unspecified atom stereocenters. The smallest absolute Gasteiger partial charge is 0.163 e. The maximum Gasteiger partial charge on any atom is 0.163 e. The Balaban J connectivity index is 1.55. The molecule has 9 atom stereocenters. The van der Waals surface area contributed by atoms with Crippen LogP contribution < -0.4 is 0 Å². The van der Waals surface area contributed by atoms with E-state index in [1.54, 1.807) is 19.3 Å². The first kappa shape index (κ1) is 24.1. The van der Waals surface area contributed by atoms with Gasteiger partial charge < -0.3 is 39.7 Å². The summed E-state index contributed by atoms with van der Waals surface area (Å²) in [6.45, 7) is 0.903. The van der Waals surface area contributed by atoms with Crippen LogP contribution in [-0.4, -0.2) is 91.6 Å². The molecule has 3 heterocycles. The van der Waals surface area contributed by atoms with Crippen molar-refractivity contribution >= 4 is 0 Å². The Labute approximate surface area is 191 Å². The first-order valence-electron chi connectivity index (χ1n) is 11.0. The van der Waals surface area contributed by atoms with Crippen LogP contribution in [0.2, 0.25) is 0 Å². The highest BCUT2D eigenvalue weighted by Crippen LogP contribution is 2.37. The zero-order valence-corrected chi connectivity index (χ0v) is 18.2. The largest absolute Gasteiger partial charge is 0.394 e. The monoisotopic (exact) mass is 462 g/mol. The van der Waals surface area contributed by atoms with E-state index in [1.165, 1.54) is 6.33 Å². The van der Waals surface area contributed by atoms with Crippen LogP contribution in [0.4, 0.5) is 0 Å². The maximum absolute atomic E-state index is 11.1. The van der Waals surface area contributed by atoms with Crippen molar-refractivity contribution in [1.82, 2.24) is 9.97 Å². The molecule has 2 aliphatic rings. The zero-order chi connectivity index (χ0) is 23.5. The van der Waals surface area contributed by atoms with Gasteiger partial charge in [0.1, 0.15) is 30.7 Å². The van der Waals surface area contributed by atoms with Crippen LogP contribution in [0.15, 0.2) is 43.0 Å². The van der Waals surface area contributed by atoms with Crippen LogP contribution in [0, 0.1) is 5.92 Å². The molecule has 0 spiro atoms. The van der Waals surface area contributed by atoms with Crippen molar-refractivity contribution in [2.24, 2.45) is 5.92 Å². The van der Waals surface area contributed by atoms with Gasteiger partial charge in [-0.3, -0.25) is 0 Å². The van der Waals surface area contributed by atoms with E-state index in [0.29, 0.717) is 5.56 Å². The van der Waals surface area contributed by atoms with Crippen molar-refractivity contribution in [2.45, 2.75) is 62.4 Å². The van der Waals surface area contributed by atoms with E-state index < -0.39 is 61.5 Å². The third-order valence-corrected chi connectivity index (χ3v) is 6.33. The predicted molar refractivity (Wildman–Crippen MR) is 115 cm³/mol. The van der Waals surface area contributed by atoms with Crippen LogP contribution in [0.25, 0.3) is 11.1 Å². The highest BCUT2D eigenvalue weighted by atomic mass is 16.7. The molecule has 33 heavy (non-hydrogen) atoms. The lowest BCUT2D eigenvalue weighted by Crippen LogP contribution is -2.57. The summed E-state index contributed by atoms with van der Waals surface area (Å²) >= 11 is 0. The van der Waals surface area contributed by atoms with E-state index >= 15 is 0 Å². The molecule has 4 rings (SSSR count). The molecule has 2 aromatic rings. The number of hydrogen-bond acceptors (Lipinski definition) is 10. The summed E-state index contributed by atoms with van der Waals surface area (Å²) in [6, 6.07) is 7.42. The molecule has 2 aliphatic heterocycles. The second-order valence-corrected chi connectivity index (χ2v) is 8.58. The Kier molecular flexibility index (Phi) is 7.67. The fourth-order valence-electron chi connectivity index (χ4n) is 4.36. The number of aromatic nitrogens is 2. The van der Waals surface area contributed by atoms with Crippen molar-refractivity contribution < 1.29 is 39.7 Å². The summed E-state index contributed by atoms with van der Waals surface area (Å²) < 4.78 is 17.7. The highest BCUT2D eigenvalue weighted by molar-refractivity contribution is 5.62. The molecule has 10 heteroatoms. The number of hydrogen-bond donors (Lipinski definition) is 5. The Morgan fingerprint density at radius 3 is 2.42 bits per heavy atom. The van der Waals surface area contributed by atoms with E-state index in [-0.39, 0.29) is 13.0 Å². The van der Waals surface area contributed by atoms with Crippen molar-refractivity contribution in [1.29, 1.82) is 0 Å². The lowest BCUT2D eigenvalue weighted by Gasteiger charge is -2.45. The van der Waals surface area contributed by atoms with Crippen LogP contribution in [0.5, 0.6) is 0 Å². The van der Waals surface area contributed by atoms with Crippen LogP contribution in [-0.2, 0) is 14.2 Å². The highest BCUT2D eigenvalue weighted by Gasteiger charge is 2.46. The fraction of sp³-hybridized carbons (Fsp3) is 0.565. The van der Waals surface area contributed by atoms with Gasteiger partial charge in [-0.25, -0.2) is 9.97 Å². The summed E-state index contributed by atoms with van der Waals surface area (Å²) in [5.41, 5.74) is 2.35. The summed E-state index contributed by atoms with van der Waals surface area (Å²) in [4.78, 5) is 8.07. The summed E-state index contributed by atoms with van der Waals surface area (Å²) in [7, 11) is 0. The molecule has 0 amide bonds. The number of aliphatic hydroxyl groups excluding tert-OH is 5. The van der Waals surface area contributed by atoms with E-state index in [4.69, 9.17) is 14.2 Å². The fourth-order valence-corrected chi connectivity index (χ4v) is 4.36. The molecule has 1 aromatic heterocycles. The summed E-state index contributed by atoms with van der Waals surface area (Å²) in [5, 5.41) is 50.8. The SMILES string of the molecule is C[C@@H]1[C@@H](O[C@H]2C[C@@H](CO)OC(c3cccc(-c4cncnc4)c3)[C@H]2O)O[C@H](CO)[C@@H](O)[C@@H]1O.